The molecule has 0 aliphatic carbocycles. The number of benzene rings is 2. The summed E-state index contributed by atoms with van der Waals surface area (Å²) < 4.78 is 5.16. The van der Waals surface area contributed by atoms with Crippen LogP contribution in [-0.2, 0) is 0 Å². The lowest BCUT2D eigenvalue weighted by molar-refractivity contribution is 0.215. The second-order valence-corrected chi connectivity index (χ2v) is 4.24. The van der Waals surface area contributed by atoms with E-state index in [4.69, 9.17) is 4.74 Å². The number of fused-ring (bicyclic) bond motifs is 1. The highest BCUT2D eigenvalue weighted by Gasteiger charge is 2.05. The quantitative estimate of drug-likeness (QED) is 0.765. The molecular formula is C16H12N2O2. The maximum Gasteiger partial charge on any atom is 0.417 e. The first kappa shape index (κ1) is 12.2. The summed E-state index contributed by atoms with van der Waals surface area (Å²) in [5.74, 6) is 0.504. The summed E-state index contributed by atoms with van der Waals surface area (Å²) in [6, 6.07) is 18.3. The van der Waals surface area contributed by atoms with Crippen LogP contribution < -0.4 is 10.1 Å². The second-order valence-electron chi connectivity index (χ2n) is 4.24. The molecule has 0 radical (unpaired) electrons. The summed E-state index contributed by atoms with van der Waals surface area (Å²) in [6.45, 7) is 0. The molecule has 20 heavy (non-hydrogen) atoms. The highest BCUT2D eigenvalue weighted by atomic mass is 16.6. The SMILES string of the molecule is O=C(Nc1ccc2cccnc2c1)Oc1ccccc1. The van der Waals surface area contributed by atoms with Gasteiger partial charge in [-0.15, -0.1) is 0 Å². The summed E-state index contributed by atoms with van der Waals surface area (Å²) in [7, 11) is 0. The van der Waals surface area contributed by atoms with Gasteiger partial charge in [0.15, 0.2) is 0 Å². The average molecular weight is 264 g/mol. The number of rotatable bonds is 2. The van der Waals surface area contributed by atoms with Crippen molar-refractivity contribution >= 4 is 22.7 Å². The van der Waals surface area contributed by atoms with E-state index in [1.165, 1.54) is 0 Å². The molecule has 0 aliphatic heterocycles. The Hall–Kier alpha value is -2.88. The number of carbonyl (C=O) groups excluding carboxylic acids is 1. The van der Waals surface area contributed by atoms with Gasteiger partial charge in [-0.2, -0.15) is 0 Å². The van der Waals surface area contributed by atoms with E-state index in [0.717, 1.165) is 10.9 Å². The largest absolute Gasteiger partial charge is 0.417 e. The van der Waals surface area contributed by atoms with Crippen molar-refractivity contribution in [2.24, 2.45) is 0 Å². The third-order valence-corrected chi connectivity index (χ3v) is 2.81. The van der Waals surface area contributed by atoms with Crippen LogP contribution in [0.5, 0.6) is 5.75 Å². The first-order chi connectivity index (χ1) is 9.81. The smallest absolute Gasteiger partial charge is 0.410 e. The van der Waals surface area contributed by atoms with Crippen molar-refractivity contribution < 1.29 is 9.53 Å². The Morgan fingerprint density at radius 1 is 1.00 bits per heavy atom. The number of nitrogens with one attached hydrogen (secondary N) is 1. The molecule has 98 valence electrons. The maximum atomic E-state index is 11.8. The summed E-state index contributed by atoms with van der Waals surface area (Å²) in [5.41, 5.74) is 1.47. The Labute approximate surface area is 116 Å². The van der Waals surface area contributed by atoms with Gasteiger partial charge in [-0.25, -0.2) is 4.79 Å². The minimum atomic E-state index is -0.522. The summed E-state index contributed by atoms with van der Waals surface area (Å²) in [6.07, 6.45) is 1.19. The van der Waals surface area contributed by atoms with Gasteiger partial charge in [0.1, 0.15) is 5.75 Å². The van der Waals surface area contributed by atoms with Crippen molar-refractivity contribution in [1.29, 1.82) is 0 Å². The number of hydrogen-bond donors (Lipinski definition) is 1. The lowest BCUT2D eigenvalue weighted by Crippen LogP contribution is -2.16. The van der Waals surface area contributed by atoms with Crippen LogP contribution in [0.15, 0.2) is 66.9 Å². The van der Waals surface area contributed by atoms with Gasteiger partial charge in [0.05, 0.1) is 5.52 Å². The standard InChI is InChI=1S/C16H12N2O2/c19-16(20-14-6-2-1-3-7-14)18-13-9-8-12-5-4-10-17-15(12)11-13/h1-11H,(H,18,19). The molecule has 0 saturated heterocycles. The van der Waals surface area contributed by atoms with Crippen LogP contribution in [0.1, 0.15) is 0 Å². The molecule has 0 bridgehead atoms. The highest BCUT2D eigenvalue weighted by molar-refractivity contribution is 5.90. The highest BCUT2D eigenvalue weighted by Crippen LogP contribution is 2.17. The van der Waals surface area contributed by atoms with E-state index in [-0.39, 0.29) is 0 Å². The molecule has 0 aliphatic rings. The van der Waals surface area contributed by atoms with Crippen LogP contribution in [0.25, 0.3) is 10.9 Å². The lowest BCUT2D eigenvalue weighted by atomic mass is 10.2. The summed E-state index contributed by atoms with van der Waals surface area (Å²) in [4.78, 5) is 16.0. The van der Waals surface area contributed by atoms with E-state index in [1.807, 2.05) is 48.5 Å². The molecular weight excluding hydrogens is 252 g/mol. The van der Waals surface area contributed by atoms with Crippen LogP contribution in [-0.4, -0.2) is 11.1 Å². The molecule has 0 spiro atoms. The number of carbonyl (C=O) groups is 1. The zero-order valence-corrected chi connectivity index (χ0v) is 10.6. The molecule has 0 fully saturated rings. The molecule has 1 aromatic heterocycles. The molecule has 1 amide bonds. The Balaban J connectivity index is 1.74. The molecule has 1 heterocycles. The summed E-state index contributed by atoms with van der Waals surface area (Å²) in [5, 5.41) is 3.70. The van der Waals surface area contributed by atoms with Gasteiger partial charge in [0.25, 0.3) is 0 Å². The fourth-order valence-corrected chi connectivity index (χ4v) is 1.88. The third kappa shape index (κ3) is 2.75. The van der Waals surface area contributed by atoms with E-state index < -0.39 is 6.09 Å². The third-order valence-electron chi connectivity index (χ3n) is 2.81. The van der Waals surface area contributed by atoms with E-state index in [2.05, 4.69) is 10.3 Å². The van der Waals surface area contributed by atoms with Crippen molar-refractivity contribution in [1.82, 2.24) is 4.98 Å². The molecule has 4 heteroatoms. The van der Waals surface area contributed by atoms with Crippen LogP contribution in [0, 0.1) is 0 Å². The predicted octanol–water partition coefficient (Wildman–Crippen LogP) is 3.85. The van der Waals surface area contributed by atoms with Gasteiger partial charge >= 0.3 is 6.09 Å². The fourth-order valence-electron chi connectivity index (χ4n) is 1.88. The Morgan fingerprint density at radius 2 is 1.85 bits per heavy atom. The van der Waals surface area contributed by atoms with Gasteiger partial charge in [-0.05, 0) is 30.3 Å². The number of anilines is 1. The first-order valence-electron chi connectivity index (χ1n) is 6.20. The van der Waals surface area contributed by atoms with Crippen molar-refractivity contribution in [3.8, 4) is 5.75 Å². The monoisotopic (exact) mass is 264 g/mol. The van der Waals surface area contributed by atoms with Crippen molar-refractivity contribution in [2.45, 2.75) is 0 Å². The number of aromatic nitrogens is 1. The fraction of sp³-hybridized carbons (Fsp3) is 0. The van der Waals surface area contributed by atoms with E-state index in [9.17, 15) is 4.79 Å². The van der Waals surface area contributed by atoms with Gasteiger partial charge in [-0.3, -0.25) is 10.3 Å². The minimum absolute atomic E-state index is 0.504. The van der Waals surface area contributed by atoms with Crippen molar-refractivity contribution in [3.63, 3.8) is 0 Å². The number of amides is 1. The average Bonchev–Trinajstić information content (AvgIpc) is 2.48. The maximum absolute atomic E-state index is 11.8. The summed E-state index contributed by atoms with van der Waals surface area (Å²) >= 11 is 0. The van der Waals surface area contributed by atoms with Gasteiger partial charge in [0, 0.05) is 17.3 Å². The first-order valence-corrected chi connectivity index (χ1v) is 6.20. The van der Waals surface area contributed by atoms with E-state index in [0.29, 0.717) is 11.4 Å². The predicted molar refractivity (Wildman–Crippen MR) is 77.8 cm³/mol. The van der Waals surface area contributed by atoms with Crippen LogP contribution in [0.3, 0.4) is 0 Å². The number of hydrogen-bond acceptors (Lipinski definition) is 3. The van der Waals surface area contributed by atoms with E-state index in [1.54, 1.807) is 18.3 Å². The molecule has 3 aromatic rings. The Kier molecular flexibility index (Phi) is 3.29. The normalized spacial score (nSPS) is 10.2. The minimum Gasteiger partial charge on any atom is -0.410 e. The zero-order chi connectivity index (χ0) is 13.8. The van der Waals surface area contributed by atoms with Gasteiger partial charge < -0.3 is 4.74 Å². The van der Waals surface area contributed by atoms with Gasteiger partial charge in [0.2, 0.25) is 0 Å². The number of para-hydroxylation sites is 1. The Morgan fingerprint density at radius 3 is 2.70 bits per heavy atom. The molecule has 2 aromatic carbocycles. The van der Waals surface area contributed by atoms with Gasteiger partial charge in [-0.1, -0.05) is 30.3 Å². The molecule has 3 rings (SSSR count). The van der Waals surface area contributed by atoms with Crippen LogP contribution in [0.2, 0.25) is 0 Å². The van der Waals surface area contributed by atoms with Crippen LogP contribution in [0.4, 0.5) is 10.5 Å². The topological polar surface area (TPSA) is 51.2 Å². The zero-order valence-electron chi connectivity index (χ0n) is 10.6. The lowest BCUT2D eigenvalue weighted by Gasteiger charge is -2.07. The second kappa shape index (κ2) is 5.40. The van der Waals surface area contributed by atoms with Crippen LogP contribution >= 0.6 is 0 Å². The molecule has 4 nitrogen and oxygen atoms in total. The molecule has 0 atom stereocenters. The Bertz CT molecular complexity index is 742. The number of nitrogens with zero attached hydrogens (tertiary/aromatic N) is 1. The molecule has 1 N–H and O–H groups in total. The van der Waals surface area contributed by atoms with E-state index >= 15 is 0 Å². The number of pyridine rings is 1. The molecule has 0 saturated carbocycles. The van der Waals surface area contributed by atoms with Crippen molar-refractivity contribution in [2.75, 3.05) is 5.32 Å². The number of ether oxygens (including phenoxy) is 1. The molecule has 0 unspecified atom stereocenters. The van der Waals surface area contributed by atoms with Crippen molar-refractivity contribution in [3.05, 3.63) is 66.9 Å².